The normalized spacial score (nSPS) is 15.1. The fraction of sp³-hybridized carbons (Fsp3) is 0.375. The smallest absolute Gasteiger partial charge is 0.331 e. The Morgan fingerprint density at radius 2 is 1.80 bits per heavy atom. The highest BCUT2D eigenvalue weighted by Crippen LogP contribution is 2.28. The maximum Gasteiger partial charge on any atom is 0.331 e. The molecule has 0 saturated heterocycles. The molecule has 0 aromatic heterocycles. The number of carbonyl (C=O) groups excluding carboxylic acids is 1. The molecule has 0 atom stereocenters. The van der Waals surface area contributed by atoms with E-state index in [1.54, 1.807) is 0 Å². The highest BCUT2D eigenvalue weighted by atomic mass is 16.4. The summed E-state index contributed by atoms with van der Waals surface area (Å²) in [5.74, 6) is -1.41. The molecule has 0 saturated carbocycles. The van der Waals surface area contributed by atoms with Crippen molar-refractivity contribution in [2.24, 2.45) is 0 Å². The Morgan fingerprint density at radius 3 is 2.50 bits per heavy atom. The molecule has 4 heteroatoms. The van der Waals surface area contributed by atoms with Gasteiger partial charge >= 0.3 is 5.97 Å². The topological polar surface area (TPSA) is 66.4 Å². The number of carboxylic acids is 1. The van der Waals surface area contributed by atoms with Crippen LogP contribution in [0.1, 0.15) is 37.8 Å². The highest BCUT2D eigenvalue weighted by molar-refractivity contribution is 6.08. The molecular formula is C16H19NO3. The van der Waals surface area contributed by atoms with Crippen LogP contribution < -0.4 is 5.32 Å². The van der Waals surface area contributed by atoms with Gasteiger partial charge in [0.05, 0.1) is 0 Å². The fourth-order valence-corrected chi connectivity index (χ4v) is 2.45. The van der Waals surface area contributed by atoms with Crippen LogP contribution in [-0.2, 0) is 22.4 Å². The number of rotatable bonds is 3. The predicted molar refractivity (Wildman–Crippen MR) is 77.7 cm³/mol. The van der Waals surface area contributed by atoms with Gasteiger partial charge in [-0.3, -0.25) is 4.79 Å². The molecule has 1 aliphatic rings. The van der Waals surface area contributed by atoms with E-state index in [4.69, 9.17) is 5.11 Å². The Bertz CT molecular complexity index is 587. The monoisotopic (exact) mass is 273 g/mol. The van der Waals surface area contributed by atoms with E-state index in [1.165, 1.54) is 31.4 Å². The Balaban J connectivity index is 2.25. The summed E-state index contributed by atoms with van der Waals surface area (Å²) in [7, 11) is 0. The first-order valence-electron chi connectivity index (χ1n) is 6.83. The number of amides is 1. The molecule has 1 aliphatic carbocycles. The van der Waals surface area contributed by atoms with Gasteiger partial charge in [-0.25, -0.2) is 4.79 Å². The number of fused-ring (bicyclic) bond motifs is 1. The zero-order valence-electron chi connectivity index (χ0n) is 11.8. The van der Waals surface area contributed by atoms with Crippen LogP contribution >= 0.6 is 0 Å². The molecule has 0 aliphatic heterocycles. The summed E-state index contributed by atoms with van der Waals surface area (Å²) in [6, 6.07) is 5.91. The van der Waals surface area contributed by atoms with Crippen LogP contribution in [0.3, 0.4) is 0 Å². The molecule has 0 fully saturated rings. The van der Waals surface area contributed by atoms with Crippen LogP contribution in [0.2, 0.25) is 0 Å². The third-order valence-corrected chi connectivity index (χ3v) is 3.87. The minimum atomic E-state index is -1.06. The van der Waals surface area contributed by atoms with Crippen LogP contribution in [0.5, 0.6) is 0 Å². The van der Waals surface area contributed by atoms with Gasteiger partial charge in [0.25, 0.3) is 5.91 Å². The number of benzene rings is 1. The lowest BCUT2D eigenvalue weighted by atomic mass is 9.90. The highest BCUT2D eigenvalue weighted by Gasteiger charge is 2.17. The number of carbonyl (C=O) groups is 2. The van der Waals surface area contributed by atoms with Gasteiger partial charge < -0.3 is 10.4 Å². The first-order chi connectivity index (χ1) is 9.50. The number of hydrogen-bond acceptors (Lipinski definition) is 2. The van der Waals surface area contributed by atoms with Gasteiger partial charge in [0.2, 0.25) is 0 Å². The molecule has 0 radical (unpaired) electrons. The van der Waals surface area contributed by atoms with E-state index >= 15 is 0 Å². The van der Waals surface area contributed by atoms with Crippen molar-refractivity contribution in [1.82, 2.24) is 0 Å². The van der Waals surface area contributed by atoms with Gasteiger partial charge in [0.15, 0.2) is 0 Å². The van der Waals surface area contributed by atoms with E-state index in [-0.39, 0.29) is 17.1 Å². The van der Waals surface area contributed by atoms with Crippen LogP contribution in [0, 0.1) is 0 Å². The second-order valence-electron chi connectivity index (χ2n) is 5.16. The number of nitrogens with one attached hydrogen (secondary N) is 1. The van der Waals surface area contributed by atoms with E-state index in [0.717, 1.165) is 24.9 Å². The van der Waals surface area contributed by atoms with E-state index in [2.05, 4.69) is 11.4 Å². The van der Waals surface area contributed by atoms with Crippen molar-refractivity contribution >= 4 is 17.6 Å². The zero-order valence-corrected chi connectivity index (χ0v) is 11.8. The summed E-state index contributed by atoms with van der Waals surface area (Å²) < 4.78 is 0. The maximum absolute atomic E-state index is 12.1. The molecular weight excluding hydrogens is 254 g/mol. The van der Waals surface area contributed by atoms with Crippen LogP contribution in [0.25, 0.3) is 0 Å². The molecule has 0 heterocycles. The molecule has 0 bridgehead atoms. The minimum Gasteiger partial charge on any atom is -0.478 e. The third kappa shape index (κ3) is 2.90. The number of hydrogen-bond donors (Lipinski definition) is 2. The molecule has 0 unspecified atom stereocenters. The second-order valence-corrected chi connectivity index (χ2v) is 5.16. The van der Waals surface area contributed by atoms with E-state index in [9.17, 15) is 9.59 Å². The molecule has 1 aromatic rings. The Labute approximate surface area is 118 Å². The van der Waals surface area contributed by atoms with E-state index in [0.29, 0.717) is 0 Å². The summed E-state index contributed by atoms with van der Waals surface area (Å²) in [5, 5.41) is 11.8. The molecule has 2 N–H and O–H groups in total. The second kappa shape index (κ2) is 5.90. The Kier molecular flexibility index (Phi) is 4.23. The molecule has 1 amide bonds. The molecule has 4 nitrogen and oxygen atoms in total. The average Bonchev–Trinajstić information content (AvgIpc) is 2.46. The largest absolute Gasteiger partial charge is 0.478 e. The Morgan fingerprint density at radius 1 is 1.10 bits per heavy atom. The van der Waals surface area contributed by atoms with Gasteiger partial charge in [-0.05, 0) is 56.7 Å². The van der Waals surface area contributed by atoms with Gasteiger partial charge in [0, 0.05) is 16.8 Å². The van der Waals surface area contributed by atoms with Crippen molar-refractivity contribution in [2.45, 2.75) is 39.5 Å². The van der Waals surface area contributed by atoms with Crippen LogP contribution in [-0.4, -0.2) is 17.0 Å². The molecule has 0 spiro atoms. The summed E-state index contributed by atoms with van der Waals surface area (Å²) in [4.78, 5) is 23.0. The van der Waals surface area contributed by atoms with Crippen molar-refractivity contribution in [2.75, 3.05) is 5.32 Å². The summed E-state index contributed by atoms with van der Waals surface area (Å²) in [5.41, 5.74) is 3.60. The van der Waals surface area contributed by atoms with Crippen molar-refractivity contribution in [3.05, 3.63) is 40.5 Å². The fourth-order valence-electron chi connectivity index (χ4n) is 2.45. The molecule has 106 valence electrons. The van der Waals surface area contributed by atoms with Gasteiger partial charge in [-0.15, -0.1) is 0 Å². The lowest BCUT2D eigenvalue weighted by Gasteiger charge is -2.19. The number of carboxylic acid groups (broad SMARTS) is 1. The first-order valence-corrected chi connectivity index (χ1v) is 6.83. The van der Waals surface area contributed by atoms with Crippen molar-refractivity contribution in [3.63, 3.8) is 0 Å². The quantitative estimate of drug-likeness (QED) is 0.832. The molecule has 20 heavy (non-hydrogen) atoms. The van der Waals surface area contributed by atoms with Crippen LogP contribution in [0.15, 0.2) is 29.3 Å². The van der Waals surface area contributed by atoms with Gasteiger partial charge in [-0.1, -0.05) is 12.1 Å². The van der Waals surface area contributed by atoms with Crippen molar-refractivity contribution in [1.29, 1.82) is 0 Å². The summed E-state index contributed by atoms with van der Waals surface area (Å²) in [6.45, 7) is 2.98. The summed E-state index contributed by atoms with van der Waals surface area (Å²) >= 11 is 0. The SMILES string of the molecule is CC(C(=O)O)=C(C)C(=O)Nc1cccc2c1CCCC2. The van der Waals surface area contributed by atoms with Crippen LogP contribution in [0.4, 0.5) is 5.69 Å². The molecule has 1 aromatic carbocycles. The summed E-state index contributed by atoms with van der Waals surface area (Å²) in [6.07, 6.45) is 4.32. The first kappa shape index (κ1) is 14.3. The van der Waals surface area contributed by atoms with Gasteiger partial charge in [-0.2, -0.15) is 0 Å². The van der Waals surface area contributed by atoms with Crippen molar-refractivity contribution < 1.29 is 14.7 Å². The lowest BCUT2D eigenvalue weighted by Crippen LogP contribution is -2.18. The maximum atomic E-state index is 12.1. The van der Waals surface area contributed by atoms with E-state index in [1.807, 2.05) is 12.1 Å². The standard InChI is InChI=1S/C16H19NO3/c1-10(11(2)16(19)20)15(18)17-14-9-5-7-12-6-3-4-8-13(12)14/h5,7,9H,3-4,6,8H2,1-2H3,(H,17,18)(H,19,20). The zero-order chi connectivity index (χ0) is 14.7. The third-order valence-electron chi connectivity index (χ3n) is 3.87. The minimum absolute atomic E-state index is 0.0762. The Hall–Kier alpha value is -2.10. The number of anilines is 1. The lowest BCUT2D eigenvalue weighted by molar-refractivity contribution is -0.133. The number of aliphatic carboxylic acids is 1. The number of aryl methyl sites for hydroxylation is 1. The average molecular weight is 273 g/mol. The van der Waals surface area contributed by atoms with E-state index < -0.39 is 5.97 Å². The predicted octanol–water partition coefficient (Wildman–Crippen LogP) is 2.92. The van der Waals surface area contributed by atoms with Gasteiger partial charge in [0.1, 0.15) is 0 Å². The van der Waals surface area contributed by atoms with Crippen molar-refractivity contribution in [3.8, 4) is 0 Å². The molecule has 2 rings (SSSR count).